The van der Waals surface area contributed by atoms with E-state index in [1.807, 2.05) is 6.92 Å². The van der Waals surface area contributed by atoms with Crippen LogP contribution in [0, 0.1) is 0 Å². The largest absolute Gasteiger partial charge is 0.478 e. The number of carboxylic acids is 1. The van der Waals surface area contributed by atoms with Crippen LogP contribution in [0.1, 0.15) is 22.8 Å². The maximum absolute atomic E-state index is 11.5. The maximum atomic E-state index is 11.5. The zero-order valence-corrected chi connectivity index (χ0v) is 12.0. The number of rotatable bonds is 8. The monoisotopic (exact) mass is 292 g/mol. The minimum Gasteiger partial charge on any atom is -0.478 e. The molecule has 0 aromatic heterocycles. The average Bonchev–Trinajstić information content (AvgIpc) is 2.44. The number of nitrogens with one attached hydrogen (secondary N) is 2. The van der Waals surface area contributed by atoms with Crippen molar-refractivity contribution >= 4 is 12.0 Å². The predicted molar refractivity (Wildman–Crippen MR) is 79.3 cm³/mol. The number of aromatic carboxylic acids is 1. The van der Waals surface area contributed by atoms with Crippen molar-refractivity contribution in [2.45, 2.75) is 13.5 Å². The van der Waals surface area contributed by atoms with E-state index in [0.717, 1.165) is 11.1 Å². The van der Waals surface area contributed by atoms with Gasteiger partial charge in [-0.2, -0.15) is 0 Å². The molecule has 1 aromatic rings. The van der Waals surface area contributed by atoms with Crippen molar-refractivity contribution in [1.29, 1.82) is 0 Å². The molecule has 0 aliphatic heterocycles. The molecule has 3 N–H and O–H groups in total. The molecule has 0 spiro atoms. The number of benzene rings is 1. The highest BCUT2D eigenvalue weighted by molar-refractivity contribution is 5.87. The Hall–Kier alpha value is -2.34. The normalized spacial score (nSPS) is 9.95. The molecule has 21 heavy (non-hydrogen) atoms. The number of ether oxygens (including phenoxy) is 1. The highest BCUT2D eigenvalue weighted by Crippen LogP contribution is 2.03. The number of carbonyl (C=O) groups is 2. The summed E-state index contributed by atoms with van der Waals surface area (Å²) in [6.07, 6.45) is 0. The van der Waals surface area contributed by atoms with Crippen LogP contribution in [-0.4, -0.2) is 36.9 Å². The second-order valence-electron chi connectivity index (χ2n) is 4.62. The van der Waals surface area contributed by atoms with Crippen molar-refractivity contribution in [3.63, 3.8) is 0 Å². The van der Waals surface area contributed by atoms with Gasteiger partial charge in [0.15, 0.2) is 0 Å². The van der Waals surface area contributed by atoms with Crippen molar-refractivity contribution in [3.8, 4) is 0 Å². The van der Waals surface area contributed by atoms with Gasteiger partial charge in [-0.05, 0) is 24.6 Å². The molecule has 0 heterocycles. The van der Waals surface area contributed by atoms with Crippen LogP contribution in [0.15, 0.2) is 36.4 Å². The molecule has 0 aliphatic carbocycles. The molecule has 0 bridgehead atoms. The van der Waals surface area contributed by atoms with E-state index in [0.29, 0.717) is 26.3 Å². The lowest BCUT2D eigenvalue weighted by Gasteiger charge is -2.08. The first-order chi connectivity index (χ1) is 9.99. The Labute approximate surface area is 123 Å². The first-order valence-corrected chi connectivity index (χ1v) is 6.55. The highest BCUT2D eigenvalue weighted by Gasteiger charge is 2.03. The zero-order valence-electron chi connectivity index (χ0n) is 12.0. The summed E-state index contributed by atoms with van der Waals surface area (Å²) in [6, 6.07) is 6.04. The molecule has 6 heteroatoms. The Balaban J connectivity index is 2.20. The van der Waals surface area contributed by atoms with E-state index < -0.39 is 5.97 Å². The van der Waals surface area contributed by atoms with Gasteiger partial charge in [-0.25, -0.2) is 9.59 Å². The zero-order chi connectivity index (χ0) is 15.7. The summed E-state index contributed by atoms with van der Waals surface area (Å²) >= 11 is 0. The van der Waals surface area contributed by atoms with Gasteiger partial charge in [-0.1, -0.05) is 24.3 Å². The van der Waals surface area contributed by atoms with Gasteiger partial charge in [0.25, 0.3) is 0 Å². The van der Waals surface area contributed by atoms with Crippen LogP contribution in [-0.2, 0) is 11.3 Å². The van der Waals surface area contributed by atoms with Crippen LogP contribution in [0.3, 0.4) is 0 Å². The van der Waals surface area contributed by atoms with Gasteiger partial charge >= 0.3 is 12.0 Å². The van der Waals surface area contributed by atoms with E-state index >= 15 is 0 Å². The third-order valence-corrected chi connectivity index (χ3v) is 2.53. The maximum Gasteiger partial charge on any atom is 0.335 e. The number of carbonyl (C=O) groups excluding carboxylic acids is 1. The molecule has 1 rings (SSSR count). The van der Waals surface area contributed by atoms with E-state index in [-0.39, 0.29) is 11.6 Å². The second kappa shape index (κ2) is 8.76. The Morgan fingerprint density at radius 2 is 1.90 bits per heavy atom. The summed E-state index contributed by atoms with van der Waals surface area (Å²) < 4.78 is 5.25. The summed E-state index contributed by atoms with van der Waals surface area (Å²) in [4.78, 5) is 22.2. The molecule has 0 unspecified atom stereocenters. The molecular weight excluding hydrogens is 272 g/mol. The molecule has 2 amide bonds. The Kier molecular flexibility index (Phi) is 6.97. The number of amides is 2. The van der Waals surface area contributed by atoms with Gasteiger partial charge in [0, 0.05) is 13.1 Å². The fourth-order valence-electron chi connectivity index (χ4n) is 1.49. The lowest BCUT2D eigenvalue weighted by atomic mass is 10.1. The van der Waals surface area contributed by atoms with Crippen molar-refractivity contribution in [2.75, 3.05) is 19.8 Å². The van der Waals surface area contributed by atoms with Gasteiger partial charge in [0.2, 0.25) is 0 Å². The Morgan fingerprint density at radius 1 is 1.24 bits per heavy atom. The summed E-state index contributed by atoms with van der Waals surface area (Å²) in [7, 11) is 0. The molecule has 0 saturated carbocycles. The van der Waals surface area contributed by atoms with Gasteiger partial charge in [-0.3, -0.25) is 0 Å². The van der Waals surface area contributed by atoms with E-state index in [4.69, 9.17) is 9.84 Å². The lowest BCUT2D eigenvalue weighted by molar-refractivity contribution is 0.0697. The molecule has 0 aliphatic rings. The molecule has 0 fully saturated rings. The summed E-state index contributed by atoms with van der Waals surface area (Å²) in [5, 5.41) is 14.1. The fraction of sp³-hybridized carbons (Fsp3) is 0.333. The van der Waals surface area contributed by atoms with Crippen molar-refractivity contribution in [2.24, 2.45) is 0 Å². The quantitative estimate of drug-likeness (QED) is 0.503. The predicted octanol–water partition coefficient (Wildman–Crippen LogP) is 1.78. The molecule has 1 aromatic carbocycles. The summed E-state index contributed by atoms with van der Waals surface area (Å²) in [5.41, 5.74) is 1.98. The van der Waals surface area contributed by atoms with Crippen LogP contribution < -0.4 is 10.6 Å². The highest BCUT2D eigenvalue weighted by atomic mass is 16.5. The third kappa shape index (κ3) is 7.12. The molecule has 114 valence electrons. The van der Waals surface area contributed by atoms with Crippen LogP contribution in [0.4, 0.5) is 4.79 Å². The molecule has 0 atom stereocenters. The number of urea groups is 1. The SMILES string of the molecule is C=C(C)COCCNC(=O)NCc1ccc(C(=O)O)cc1. The second-order valence-corrected chi connectivity index (χ2v) is 4.62. The van der Waals surface area contributed by atoms with Gasteiger partial charge < -0.3 is 20.5 Å². The smallest absolute Gasteiger partial charge is 0.335 e. The minimum absolute atomic E-state index is 0.220. The average molecular weight is 292 g/mol. The summed E-state index contributed by atoms with van der Waals surface area (Å²) in [6.45, 7) is 7.23. The minimum atomic E-state index is -0.970. The first kappa shape index (κ1) is 16.7. The van der Waals surface area contributed by atoms with E-state index in [1.165, 1.54) is 12.1 Å². The Bertz CT molecular complexity index is 497. The van der Waals surface area contributed by atoms with Crippen molar-refractivity contribution in [1.82, 2.24) is 10.6 Å². The van der Waals surface area contributed by atoms with Crippen molar-refractivity contribution in [3.05, 3.63) is 47.5 Å². The lowest BCUT2D eigenvalue weighted by Crippen LogP contribution is -2.36. The first-order valence-electron chi connectivity index (χ1n) is 6.55. The van der Waals surface area contributed by atoms with Gasteiger partial charge in [0.1, 0.15) is 0 Å². The van der Waals surface area contributed by atoms with Gasteiger partial charge in [-0.15, -0.1) is 0 Å². The van der Waals surface area contributed by atoms with Crippen LogP contribution >= 0.6 is 0 Å². The Morgan fingerprint density at radius 3 is 2.48 bits per heavy atom. The molecule has 0 radical (unpaired) electrons. The number of hydrogen-bond donors (Lipinski definition) is 3. The van der Waals surface area contributed by atoms with Crippen LogP contribution in [0.2, 0.25) is 0 Å². The third-order valence-electron chi connectivity index (χ3n) is 2.53. The van der Waals surface area contributed by atoms with E-state index in [1.54, 1.807) is 12.1 Å². The van der Waals surface area contributed by atoms with Gasteiger partial charge in [0.05, 0.1) is 18.8 Å². The van der Waals surface area contributed by atoms with Crippen LogP contribution in [0.25, 0.3) is 0 Å². The van der Waals surface area contributed by atoms with Crippen molar-refractivity contribution < 1.29 is 19.4 Å². The molecule has 0 saturated heterocycles. The molecule has 6 nitrogen and oxygen atoms in total. The van der Waals surface area contributed by atoms with Crippen LogP contribution in [0.5, 0.6) is 0 Å². The summed E-state index contributed by atoms with van der Waals surface area (Å²) in [5.74, 6) is -0.970. The number of carboxylic acid groups (broad SMARTS) is 1. The van der Waals surface area contributed by atoms with E-state index in [2.05, 4.69) is 17.2 Å². The molecular formula is C15H20N2O4. The fourth-order valence-corrected chi connectivity index (χ4v) is 1.49. The number of hydrogen-bond acceptors (Lipinski definition) is 3. The van der Waals surface area contributed by atoms with E-state index in [9.17, 15) is 9.59 Å². The standard InChI is InChI=1S/C15H20N2O4/c1-11(2)10-21-8-7-16-15(20)17-9-12-3-5-13(6-4-12)14(18)19/h3-6H,1,7-10H2,2H3,(H,18,19)(H2,16,17,20). The topological polar surface area (TPSA) is 87.7 Å².